The maximum Gasteiger partial charge on any atom is 0.0895 e. The van der Waals surface area contributed by atoms with Crippen LogP contribution in [0.1, 0.15) is 26.7 Å². The third-order valence-electron chi connectivity index (χ3n) is 1.57. The van der Waals surface area contributed by atoms with E-state index >= 15 is 0 Å². The molecule has 0 aliphatic rings. The summed E-state index contributed by atoms with van der Waals surface area (Å²) in [6, 6.07) is 0.319. The molecule has 60 valence electrons. The zero-order chi connectivity index (χ0) is 7.98. The Kier molecular flexibility index (Phi) is 5.03. The molecular formula is C8H17NO. The van der Waals surface area contributed by atoms with Gasteiger partial charge in [0.1, 0.15) is 0 Å². The average Bonchev–Trinajstić information content (AvgIpc) is 1.99. The third-order valence-corrected chi connectivity index (χ3v) is 1.57. The van der Waals surface area contributed by atoms with Crippen LogP contribution in [0.15, 0.2) is 11.8 Å². The normalized spacial score (nSPS) is 15.3. The number of aliphatic hydroxyl groups is 1. The lowest BCUT2D eigenvalue weighted by Gasteiger charge is -2.07. The summed E-state index contributed by atoms with van der Waals surface area (Å²) >= 11 is 0. The first-order chi connectivity index (χ1) is 4.74. The molecular weight excluding hydrogens is 126 g/mol. The molecule has 0 amide bonds. The summed E-state index contributed by atoms with van der Waals surface area (Å²) < 4.78 is 0. The lowest BCUT2D eigenvalue weighted by molar-refractivity contribution is 0.387. The molecule has 0 fully saturated rings. The van der Waals surface area contributed by atoms with Crippen LogP contribution in [0.25, 0.3) is 0 Å². The minimum atomic E-state index is 0.319. The van der Waals surface area contributed by atoms with Crippen molar-refractivity contribution in [2.45, 2.75) is 32.7 Å². The van der Waals surface area contributed by atoms with Crippen LogP contribution in [-0.4, -0.2) is 18.2 Å². The molecule has 0 aliphatic carbocycles. The van der Waals surface area contributed by atoms with Crippen LogP contribution in [0.4, 0.5) is 0 Å². The van der Waals surface area contributed by atoms with E-state index in [0.29, 0.717) is 11.8 Å². The molecule has 0 aromatic carbocycles. The third kappa shape index (κ3) is 3.51. The Labute approximate surface area is 62.9 Å². The van der Waals surface area contributed by atoms with Crippen molar-refractivity contribution in [3.05, 3.63) is 11.8 Å². The van der Waals surface area contributed by atoms with Gasteiger partial charge in [0.25, 0.3) is 0 Å². The number of hydrogen-bond acceptors (Lipinski definition) is 2. The topological polar surface area (TPSA) is 32.3 Å². The molecule has 0 saturated heterocycles. The van der Waals surface area contributed by atoms with Crippen LogP contribution in [-0.2, 0) is 0 Å². The predicted molar refractivity (Wildman–Crippen MR) is 44.1 cm³/mol. The standard InChI is InChI=1S/C8H17NO/c1-4-7(9-3)6-8(10)5-2/h6-7,9-10H,4-5H2,1-3H3/b8-6+. The van der Waals surface area contributed by atoms with Gasteiger partial charge in [-0.25, -0.2) is 0 Å². The van der Waals surface area contributed by atoms with Crippen molar-refractivity contribution in [3.63, 3.8) is 0 Å². The highest BCUT2D eigenvalue weighted by atomic mass is 16.3. The fourth-order valence-corrected chi connectivity index (χ4v) is 0.755. The van der Waals surface area contributed by atoms with Crippen LogP contribution in [0.2, 0.25) is 0 Å². The molecule has 0 spiro atoms. The molecule has 0 aliphatic heterocycles. The molecule has 2 N–H and O–H groups in total. The van der Waals surface area contributed by atoms with Crippen molar-refractivity contribution in [2.24, 2.45) is 0 Å². The Balaban J connectivity index is 3.80. The van der Waals surface area contributed by atoms with Gasteiger partial charge in [-0.3, -0.25) is 0 Å². The molecule has 0 saturated carbocycles. The van der Waals surface area contributed by atoms with E-state index in [1.54, 1.807) is 0 Å². The smallest absolute Gasteiger partial charge is 0.0895 e. The minimum Gasteiger partial charge on any atom is -0.513 e. The zero-order valence-electron chi connectivity index (χ0n) is 7.02. The molecule has 0 rings (SSSR count). The fraction of sp³-hybridized carbons (Fsp3) is 0.750. The number of nitrogens with one attached hydrogen (secondary N) is 1. The first-order valence-corrected chi connectivity index (χ1v) is 3.81. The summed E-state index contributed by atoms with van der Waals surface area (Å²) in [5.41, 5.74) is 0. The van der Waals surface area contributed by atoms with Gasteiger partial charge >= 0.3 is 0 Å². The highest BCUT2D eigenvalue weighted by Gasteiger charge is 1.98. The Morgan fingerprint density at radius 3 is 2.50 bits per heavy atom. The van der Waals surface area contributed by atoms with Crippen LogP contribution in [0.3, 0.4) is 0 Å². The fourth-order valence-electron chi connectivity index (χ4n) is 0.755. The van der Waals surface area contributed by atoms with Crippen molar-refractivity contribution < 1.29 is 5.11 Å². The quantitative estimate of drug-likeness (QED) is 0.588. The van der Waals surface area contributed by atoms with Gasteiger partial charge < -0.3 is 10.4 Å². The number of likely N-dealkylation sites (N-methyl/N-ethyl adjacent to an activating group) is 1. The summed E-state index contributed by atoms with van der Waals surface area (Å²) in [4.78, 5) is 0. The molecule has 0 aromatic heterocycles. The Morgan fingerprint density at radius 1 is 1.60 bits per heavy atom. The van der Waals surface area contributed by atoms with E-state index in [0.717, 1.165) is 12.8 Å². The molecule has 10 heavy (non-hydrogen) atoms. The number of rotatable bonds is 4. The van der Waals surface area contributed by atoms with Crippen molar-refractivity contribution in [2.75, 3.05) is 7.05 Å². The number of allylic oxidation sites excluding steroid dienone is 1. The van der Waals surface area contributed by atoms with Crippen LogP contribution >= 0.6 is 0 Å². The molecule has 0 radical (unpaired) electrons. The monoisotopic (exact) mass is 143 g/mol. The molecule has 0 aromatic rings. The van der Waals surface area contributed by atoms with Gasteiger partial charge in [0.05, 0.1) is 5.76 Å². The lowest BCUT2D eigenvalue weighted by atomic mass is 10.2. The SMILES string of the molecule is CC/C(O)=C\C(CC)NC. The first-order valence-electron chi connectivity index (χ1n) is 3.81. The largest absolute Gasteiger partial charge is 0.513 e. The summed E-state index contributed by atoms with van der Waals surface area (Å²) in [5, 5.41) is 12.2. The average molecular weight is 143 g/mol. The van der Waals surface area contributed by atoms with Crippen molar-refractivity contribution >= 4 is 0 Å². The molecule has 0 heterocycles. The van der Waals surface area contributed by atoms with Gasteiger partial charge in [0.15, 0.2) is 0 Å². The number of hydrogen-bond donors (Lipinski definition) is 2. The summed E-state index contributed by atoms with van der Waals surface area (Å²) in [7, 11) is 1.90. The van der Waals surface area contributed by atoms with Gasteiger partial charge in [0.2, 0.25) is 0 Å². The maximum atomic E-state index is 9.11. The van der Waals surface area contributed by atoms with Gasteiger partial charge in [-0.1, -0.05) is 13.8 Å². The Hall–Kier alpha value is -0.500. The second kappa shape index (κ2) is 5.30. The summed E-state index contributed by atoms with van der Waals surface area (Å²) in [6.07, 6.45) is 3.60. The van der Waals surface area contributed by atoms with E-state index in [9.17, 15) is 0 Å². The van der Waals surface area contributed by atoms with Crippen molar-refractivity contribution in [3.8, 4) is 0 Å². The van der Waals surface area contributed by atoms with Crippen LogP contribution in [0.5, 0.6) is 0 Å². The molecule has 0 bridgehead atoms. The second-order valence-electron chi connectivity index (χ2n) is 2.31. The van der Waals surface area contributed by atoms with Crippen molar-refractivity contribution in [1.29, 1.82) is 0 Å². The lowest BCUT2D eigenvalue weighted by Crippen LogP contribution is -2.21. The summed E-state index contributed by atoms with van der Waals surface area (Å²) in [5.74, 6) is 0.473. The molecule has 1 atom stereocenters. The van der Waals surface area contributed by atoms with Gasteiger partial charge in [-0.05, 0) is 19.5 Å². The van der Waals surface area contributed by atoms with E-state index in [-0.39, 0.29) is 0 Å². The highest BCUT2D eigenvalue weighted by Crippen LogP contribution is 1.99. The zero-order valence-corrected chi connectivity index (χ0v) is 7.02. The molecule has 2 heteroatoms. The van der Waals surface area contributed by atoms with E-state index < -0.39 is 0 Å². The molecule has 1 unspecified atom stereocenters. The van der Waals surface area contributed by atoms with Gasteiger partial charge in [0, 0.05) is 12.5 Å². The first kappa shape index (κ1) is 9.50. The van der Waals surface area contributed by atoms with Crippen LogP contribution in [0, 0.1) is 0 Å². The predicted octanol–water partition coefficient (Wildman–Crippen LogP) is 1.84. The Bertz CT molecular complexity index is 106. The summed E-state index contributed by atoms with van der Waals surface area (Å²) in [6.45, 7) is 4.02. The van der Waals surface area contributed by atoms with E-state index in [1.165, 1.54) is 0 Å². The maximum absolute atomic E-state index is 9.11. The second-order valence-corrected chi connectivity index (χ2v) is 2.31. The van der Waals surface area contributed by atoms with Crippen molar-refractivity contribution in [1.82, 2.24) is 5.32 Å². The van der Waals surface area contributed by atoms with Gasteiger partial charge in [-0.2, -0.15) is 0 Å². The Morgan fingerprint density at radius 2 is 2.20 bits per heavy atom. The van der Waals surface area contributed by atoms with E-state index in [1.807, 2.05) is 20.0 Å². The van der Waals surface area contributed by atoms with Crippen LogP contribution < -0.4 is 5.32 Å². The highest BCUT2D eigenvalue weighted by molar-refractivity contribution is 4.97. The van der Waals surface area contributed by atoms with Gasteiger partial charge in [-0.15, -0.1) is 0 Å². The molecule has 2 nitrogen and oxygen atoms in total. The number of aliphatic hydroxyl groups excluding tert-OH is 1. The minimum absolute atomic E-state index is 0.319. The van der Waals surface area contributed by atoms with E-state index in [4.69, 9.17) is 5.11 Å². The van der Waals surface area contributed by atoms with E-state index in [2.05, 4.69) is 12.2 Å².